The van der Waals surface area contributed by atoms with Crippen LogP contribution in [0.2, 0.25) is 0 Å². The molecule has 6 aromatic carbocycles. The average molecular weight is 593 g/mol. The number of phenols is 2. The normalized spacial score (nSPS) is 12.7. The van der Waals surface area contributed by atoms with Crippen LogP contribution in [0.5, 0.6) is 11.5 Å². The van der Waals surface area contributed by atoms with Crippen molar-refractivity contribution in [3.8, 4) is 44.9 Å². The van der Waals surface area contributed by atoms with E-state index in [2.05, 4.69) is 24.3 Å². The first kappa shape index (κ1) is 27.5. The molecule has 0 aliphatic heterocycles. The second kappa shape index (κ2) is 10.5. The third-order valence-electron chi connectivity index (χ3n) is 8.56. The lowest BCUT2D eigenvalue weighted by Crippen LogP contribution is -2.28. The van der Waals surface area contributed by atoms with Crippen molar-refractivity contribution in [3.05, 3.63) is 176 Å². The van der Waals surface area contributed by atoms with Gasteiger partial charge >= 0.3 is 0 Å². The van der Waals surface area contributed by atoms with E-state index in [0.29, 0.717) is 0 Å². The van der Waals surface area contributed by atoms with Crippen LogP contribution in [0, 0.1) is 20.2 Å². The molecule has 0 radical (unpaired) electrons. The van der Waals surface area contributed by atoms with Crippen molar-refractivity contribution in [2.24, 2.45) is 0 Å². The number of fused-ring (bicyclic) bond motifs is 3. The van der Waals surface area contributed by atoms with Gasteiger partial charge in [-0.2, -0.15) is 0 Å². The molecule has 0 aromatic heterocycles. The molecule has 0 spiro atoms. The first-order chi connectivity index (χ1) is 21.8. The predicted molar refractivity (Wildman–Crippen MR) is 171 cm³/mol. The molecule has 0 atom stereocenters. The molecule has 8 heteroatoms. The molecule has 0 fully saturated rings. The van der Waals surface area contributed by atoms with Crippen LogP contribution in [-0.4, -0.2) is 20.1 Å². The highest BCUT2D eigenvalue weighted by molar-refractivity contribution is 5.90. The number of nitrogens with zero attached hydrogens (tertiary/aromatic N) is 2. The molecule has 1 aliphatic carbocycles. The molecule has 2 N–H and O–H groups in total. The van der Waals surface area contributed by atoms with Crippen molar-refractivity contribution in [1.29, 1.82) is 0 Å². The summed E-state index contributed by atoms with van der Waals surface area (Å²) in [5, 5.41) is 43.1. The number of nitro benzene ring substituents is 2. The number of phenolic OH excluding ortho intramolecular Hbond substituents is 2. The second-order valence-electron chi connectivity index (χ2n) is 11.0. The summed E-state index contributed by atoms with van der Waals surface area (Å²) in [6, 6.07) is 39.1. The van der Waals surface area contributed by atoms with Crippen molar-refractivity contribution >= 4 is 11.4 Å². The van der Waals surface area contributed by atoms with E-state index in [-0.39, 0.29) is 22.9 Å². The van der Waals surface area contributed by atoms with Crippen LogP contribution in [0.1, 0.15) is 22.3 Å². The molecular formula is C37H24N2O6. The van der Waals surface area contributed by atoms with E-state index in [1.165, 1.54) is 24.3 Å². The molecule has 8 nitrogen and oxygen atoms in total. The zero-order chi connectivity index (χ0) is 31.3. The number of hydrogen-bond donors (Lipinski definition) is 2. The Morgan fingerprint density at radius 2 is 0.778 bits per heavy atom. The van der Waals surface area contributed by atoms with E-state index >= 15 is 0 Å². The lowest BCUT2D eigenvalue weighted by molar-refractivity contribution is -0.385. The molecule has 1 aliphatic rings. The van der Waals surface area contributed by atoms with Crippen molar-refractivity contribution in [2.75, 3.05) is 0 Å². The van der Waals surface area contributed by atoms with Gasteiger partial charge in [0.1, 0.15) is 11.5 Å². The van der Waals surface area contributed by atoms with Crippen LogP contribution in [-0.2, 0) is 5.41 Å². The smallest absolute Gasteiger partial charge is 0.269 e. The Labute approximate surface area is 257 Å². The SMILES string of the molecule is O=[N+]([O-])c1ccc(C2(c3ccc([N+](=O)[O-])cc3)c3cc(-c4ccc(O)cc4)ccc3-c3ccc(-c4ccc(O)cc4)cc32)cc1. The number of non-ortho nitro benzene ring substituents is 2. The molecule has 0 amide bonds. The fourth-order valence-electron chi connectivity index (χ4n) is 6.45. The summed E-state index contributed by atoms with van der Waals surface area (Å²) in [6.45, 7) is 0. The maximum atomic E-state index is 11.6. The Morgan fingerprint density at radius 3 is 1.11 bits per heavy atom. The lowest BCUT2D eigenvalue weighted by atomic mass is 9.67. The quantitative estimate of drug-likeness (QED) is 0.147. The van der Waals surface area contributed by atoms with Crippen molar-refractivity contribution in [2.45, 2.75) is 5.41 Å². The zero-order valence-corrected chi connectivity index (χ0v) is 23.6. The highest BCUT2D eigenvalue weighted by atomic mass is 16.6. The van der Waals surface area contributed by atoms with Crippen molar-refractivity contribution in [3.63, 3.8) is 0 Å². The molecule has 0 heterocycles. The first-order valence-corrected chi connectivity index (χ1v) is 14.1. The molecular weight excluding hydrogens is 568 g/mol. The van der Waals surface area contributed by atoms with Gasteiger partial charge in [0.15, 0.2) is 0 Å². The second-order valence-corrected chi connectivity index (χ2v) is 11.0. The minimum Gasteiger partial charge on any atom is -0.508 e. The van der Waals surface area contributed by atoms with Gasteiger partial charge < -0.3 is 10.2 Å². The van der Waals surface area contributed by atoms with Crippen LogP contribution >= 0.6 is 0 Å². The van der Waals surface area contributed by atoms with Crippen LogP contribution in [0.15, 0.2) is 133 Å². The molecule has 0 bridgehead atoms. The summed E-state index contributed by atoms with van der Waals surface area (Å²) in [6.07, 6.45) is 0. The van der Waals surface area contributed by atoms with Crippen LogP contribution in [0.4, 0.5) is 11.4 Å². The summed E-state index contributed by atoms with van der Waals surface area (Å²) in [5.41, 5.74) is 7.72. The Balaban J connectivity index is 1.57. The lowest BCUT2D eigenvalue weighted by Gasteiger charge is -2.34. The van der Waals surface area contributed by atoms with E-state index in [9.17, 15) is 30.4 Å². The van der Waals surface area contributed by atoms with Gasteiger partial charge in [0.2, 0.25) is 0 Å². The van der Waals surface area contributed by atoms with Gasteiger partial charge in [-0.15, -0.1) is 0 Å². The Bertz CT molecular complexity index is 1950. The van der Waals surface area contributed by atoms with Crippen LogP contribution in [0.25, 0.3) is 33.4 Å². The Hall–Kier alpha value is -6.28. The van der Waals surface area contributed by atoms with Crippen molar-refractivity contribution in [1.82, 2.24) is 0 Å². The van der Waals surface area contributed by atoms with Crippen molar-refractivity contribution < 1.29 is 20.1 Å². The van der Waals surface area contributed by atoms with Crippen LogP contribution < -0.4 is 0 Å². The van der Waals surface area contributed by atoms with E-state index in [1.807, 2.05) is 36.4 Å². The van der Waals surface area contributed by atoms with E-state index in [1.54, 1.807) is 48.5 Å². The third-order valence-corrected chi connectivity index (χ3v) is 8.56. The molecule has 218 valence electrons. The van der Waals surface area contributed by atoms with E-state index in [4.69, 9.17) is 0 Å². The number of aromatic hydroxyl groups is 2. The van der Waals surface area contributed by atoms with Gasteiger partial charge in [-0.25, -0.2) is 0 Å². The van der Waals surface area contributed by atoms with Gasteiger partial charge in [0, 0.05) is 24.3 Å². The number of nitro groups is 2. The highest BCUT2D eigenvalue weighted by Gasteiger charge is 2.47. The number of rotatable bonds is 6. The predicted octanol–water partition coefficient (Wildman–Crippen LogP) is 8.61. The molecule has 0 saturated carbocycles. The van der Waals surface area contributed by atoms with Gasteiger partial charge in [-0.05, 0) is 92.0 Å². The topological polar surface area (TPSA) is 127 Å². The van der Waals surface area contributed by atoms with Gasteiger partial charge in [-0.3, -0.25) is 20.2 Å². The highest BCUT2D eigenvalue weighted by Crippen LogP contribution is 2.57. The van der Waals surface area contributed by atoms with Gasteiger partial charge in [-0.1, -0.05) is 72.8 Å². The molecule has 6 aromatic rings. The molecule has 0 unspecified atom stereocenters. The Morgan fingerprint density at radius 1 is 0.444 bits per heavy atom. The minimum absolute atomic E-state index is 0.0493. The van der Waals surface area contributed by atoms with Gasteiger partial charge in [0.25, 0.3) is 11.4 Å². The number of hydrogen-bond acceptors (Lipinski definition) is 6. The summed E-state index contributed by atoms with van der Waals surface area (Å²) < 4.78 is 0. The fraction of sp³-hybridized carbons (Fsp3) is 0.0270. The molecule has 0 saturated heterocycles. The van der Waals surface area contributed by atoms with Crippen LogP contribution in [0.3, 0.4) is 0 Å². The number of benzene rings is 6. The van der Waals surface area contributed by atoms with E-state index < -0.39 is 15.3 Å². The monoisotopic (exact) mass is 592 g/mol. The average Bonchev–Trinajstić information content (AvgIpc) is 3.35. The largest absolute Gasteiger partial charge is 0.508 e. The van der Waals surface area contributed by atoms with Gasteiger partial charge in [0.05, 0.1) is 15.3 Å². The Kier molecular flexibility index (Phi) is 6.41. The standard InChI is InChI=1S/C37H24N2O6/c40-31-15-1-23(2-16-31)25-5-19-33-34-20-6-26(24-3-17-32(41)18-4-24)22-36(34)37(35(33)21-25,27-7-11-29(12-8-27)38(42)43)28-9-13-30(14-10-28)39(44)45/h1-22,40-41H. The summed E-state index contributed by atoms with van der Waals surface area (Å²) in [7, 11) is 0. The zero-order valence-electron chi connectivity index (χ0n) is 23.6. The molecule has 7 rings (SSSR count). The first-order valence-electron chi connectivity index (χ1n) is 14.1. The maximum absolute atomic E-state index is 11.6. The maximum Gasteiger partial charge on any atom is 0.269 e. The summed E-state index contributed by atoms with van der Waals surface area (Å²) in [5.74, 6) is 0.306. The van der Waals surface area contributed by atoms with E-state index in [0.717, 1.165) is 55.6 Å². The summed E-state index contributed by atoms with van der Waals surface area (Å²) in [4.78, 5) is 22.4. The minimum atomic E-state index is -1.01. The fourth-order valence-corrected chi connectivity index (χ4v) is 6.45. The third kappa shape index (κ3) is 4.47. The summed E-state index contributed by atoms with van der Waals surface area (Å²) >= 11 is 0. The molecule has 45 heavy (non-hydrogen) atoms.